The summed E-state index contributed by atoms with van der Waals surface area (Å²) in [4.78, 5) is 28.3. The van der Waals surface area contributed by atoms with Crippen molar-refractivity contribution in [1.82, 2.24) is 24.8 Å². The molecule has 0 aliphatic carbocycles. The first-order chi connectivity index (χ1) is 20.8. The van der Waals surface area contributed by atoms with Crippen LogP contribution in [0.4, 0.5) is 5.69 Å². The van der Waals surface area contributed by atoms with Gasteiger partial charge in [0.15, 0.2) is 5.60 Å². The fourth-order valence-electron chi connectivity index (χ4n) is 5.57. The van der Waals surface area contributed by atoms with Crippen molar-refractivity contribution in [2.75, 3.05) is 11.5 Å². The molecule has 1 amide bonds. The second-order valence-electron chi connectivity index (χ2n) is 10.7. The van der Waals surface area contributed by atoms with E-state index < -0.39 is 17.4 Å². The molecule has 0 bridgehead atoms. The number of aliphatic hydroxyl groups is 2. The highest BCUT2D eigenvalue weighted by Gasteiger charge is 2.52. The van der Waals surface area contributed by atoms with Gasteiger partial charge in [-0.15, -0.1) is 5.10 Å². The average Bonchev–Trinajstić information content (AvgIpc) is 3.66. The Hall–Kier alpha value is -4.51. The summed E-state index contributed by atoms with van der Waals surface area (Å²) < 4.78 is 3.20. The number of carbonyl (C=O) groups is 1. The zero-order chi connectivity index (χ0) is 30.1. The molecule has 2 atom stereocenters. The lowest BCUT2D eigenvalue weighted by Crippen LogP contribution is -2.44. The second-order valence-corrected chi connectivity index (χ2v) is 11.2. The van der Waals surface area contributed by atoms with Gasteiger partial charge in [-0.25, -0.2) is 4.68 Å². The van der Waals surface area contributed by atoms with Crippen LogP contribution in [0.1, 0.15) is 30.2 Å². The molecule has 0 radical (unpaired) electrons. The molecule has 3 heterocycles. The van der Waals surface area contributed by atoms with E-state index >= 15 is 0 Å². The van der Waals surface area contributed by atoms with Crippen LogP contribution in [0.5, 0.6) is 0 Å². The summed E-state index contributed by atoms with van der Waals surface area (Å²) >= 11 is 6.33. The van der Waals surface area contributed by atoms with Gasteiger partial charge in [0.2, 0.25) is 0 Å². The number of hydrogen-bond acceptors (Lipinski definition) is 6. The highest BCUT2D eigenvalue weighted by molar-refractivity contribution is 6.31. The number of nitrogens with one attached hydrogen (secondary N) is 1. The van der Waals surface area contributed by atoms with Crippen LogP contribution < -0.4 is 10.5 Å². The molecule has 1 aliphatic rings. The molecule has 0 saturated heterocycles. The molecule has 10 nitrogen and oxygen atoms in total. The summed E-state index contributed by atoms with van der Waals surface area (Å²) in [7, 11) is 0. The monoisotopic (exact) mass is 598 g/mol. The first-order valence-electron chi connectivity index (χ1n) is 14.1. The number of rotatable bonds is 10. The van der Waals surface area contributed by atoms with Gasteiger partial charge in [0.25, 0.3) is 11.5 Å². The van der Waals surface area contributed by atoms with Gasteiger partial charge in [-0.2, -0.15) is 0 Å². The molecule has 0 fully saturated rings. The van der Waals surface area contributed by atoms with Crippen LogP contribution in [0, 0.1) is 5.92 Å². The van der Waals surface area contributed by atoms with Crippen molar-refractivity contribution in [2.45, 2.75) is 38.5 Å². The Morgan fingerprint density at radius 3 is 2.65 bits per heavy atom. The number of benzene rings is 3. The fraction of sp³-hybridized carbons (Fsp3) is 0.250. The van der Waals surface area contributed by atoms with Crippen LogP contribution in [0.2, 0.25) is 5.02 Å². The highest BCUT2D eigenvalue weighted by atomic mass is 35.5. The third kappa shape index (κ3) is 5.29. The molecule has 6 rings (SSSR count). The van der Waals surface area contributed by atoms with E-state index in [1.54, 1.807) is 40.0 Å². The van der Waals surface area contributed by atoms with E-state index in [-0.39, 0.29) is 18.7 Å². The summed E-state index contributed by atoms with van der Waals surface area (Å²) in [5.41, 5.74) is 2.13. The minimum Gasteiger partial charge on any atom is -0.396 e. The molecule has 3 N–H and O–H groups in total. The first-order valence-corrected chi connectivity index (χ1v) is 14.5. The number of amides is 1. The molecule has 0 spiro atoms. The highest BCUT2D eigenvalue weighted by Crippen LogP contribution is 2.46. The van der Waals surface area contributed by atoms with Gasteiger partial charge >= 0.3 is 0 Å². The third-order valence-corrected chi connectivity index (χ3v) is 8.16. The minimum absolute atomic E-state index is 0.0167. The SMILES string of the molecule is C[C@@H](/C=C/CCn1cc(CCO)nn1)[C@]1(O)C(=O)N(Cc2ccc(-n3[nH]c4ccccc4c3=O)cc2)c2ccc(Cl)cc21. The van der Waals surface area contributed by atoms with E-state index in [9.17, 15) is 14.7 Å². The summed E-state index contributed by atoms with van der Waals surface area (Å²) in [6, 6.07) is 19.9. The molecule has 11 heteroatoms. The number of aryl methyl sites for hydroxylation is 1. The number of anilines is 1. The standard InChI is InChI=1S/C32H31ClN6O4/c1-21(6-4-5-16-37-20-24(15-17-40)34-36-37)32(43)27-18-23(33)11-14-29(27)38(31(32)42)19-22-9-12-25(13-10-22)39-30(41)26-7-2-3-8-28(26)35-39/h2-4,6-14,18,20-21,35,40,43H,5,15-17,19H2,1H3/b6-4+/t21-,32+/m0/s1. The molecule has 1 aliphatic heterocycles. The van der Waals surface area contributed by atoms with Crippen LogP contribution in [0.3, 0.4) is 0 Å². The predicted molar refractivity (Wildman–Crippen MR) is 164 cm³/mol. The predicted octanol–water partition coefficient (Wildman–Crippen LogP) is 4.12. The van der Waals surface area contributed by atoms with E-state index in [1.807, 2.05) is 61.5 Å². The lowest BCUT2D eigenvalue weighted by Gasteiger charge is -2.27. The Labute approximate surface area is 252 Å². The molecule has 0 saturated carbocycles. The zero-order valence-electron chi connectivity index (χ0n) is 23.5. The number of H-pyrrole nitrogens is 1. The summed E-state index contributed by atoms with van der Waals surface area (Å²) in [6.45, 7) is 2.63. The van der Waals surface area contributed by atoms with E-state index in [1.165, 1.54) is 4.68 Å². The van der Waals surface area contributed by atoms with Gasteiger partial charge in [-0.3, -0.25) is 19.4 Å². The average molecular weight is 599 g/mol. The molecule has 220 valence electrons. The Morgan fingerprint density at radius 1 is 1.09 bits per heavy atom. The van der Waals surface area contributed by atoms with Gasteiger partial charge < -0.3 is 15.1 Å². The van der Waals surface area contributed by atoms with Crippen LogP contribution >= 0.6 is 11.6 Å². The van der Waals surface area contributed by atoms with Crippen LogP contribution in [0.15, 0.2) is 89.9 Å². The number of halogens is 1. The van der Waals surface area contributed by atoms with Gasteiger partial charge in [0.1, 0.15) is 0 Å². The molecule has 43 heavy (non-hydrogen) atoms. The second kappa shape index (κ2) is 11.6. The van der Waals surface area contributed by atoms with Crippen molar-refractivity contribution in [3.05, 3.63) is 117 Å². The normalized spacial score (nSPS) is 17.3. The Morgan fingerprint density at radius 2 is 1.88 bits per heavy atom. The van der Waals surface area contributed by atoms with Crippen molar-refractivity contribution in [2.24, 2.45) is 5.92 Å². The third-order valence-electron chi connectivity index (χ3n) is 7.92. The topological polar surface area (TPSA) is 129 Å². The number of para-hydroxylation sites is 1. The summed E-state index contributed by atoms with van der Waals surface area (Å²) in [5, 5.41) is 33.2. The van der Waals surface area contributed by atoms with Gasteiger partial charge in [0.05, 0.1) is 34.5 Å². The Balaban J connectivity index is 1.20. The van der Waals surface area contributed by atoms with Crippen molar-refractivity contribution < 1.29 is 15.0 Å². The van der Waals surface area contributed by atoms with E-state index in [4.69, 9.17) is 16.7 Å². The van der Waals surface area contributed by atoms with E-state index in [0.29, 0.717) is 46.7 Å². The minimum atomic E-state index is -1.80. The molecular formula is C32H31ClN6O4. The van der Waals surface area contributed by atoms with Crippen LogP contribution in [0.25, 0.3) is 16.6 Å². The Bertz CT molecular complexity index is 1870. The van der Waals surface area contributed by atoms with Gasteiger partial charge in [-0.05, 0) is 54.4 Å². The number of aromatic amines is 1. The largest absolute Gasteiger partial charge is 0.396 e. The number of allylic oxidation sites excluding steroid dienone is 1. The van der Waals surface area contributed by atoms with E-state index in [0.717, 1.165) is 16.8 Å². The fourth-order valence-corrected chi connectivity index (χ4v) is 5.75. The number of aliphatic hydroxyl groups excluding tert-OH is 1. The molecule has 3 aromatic carbocycles. The van der Waals surface area contributed by atoms with Crippen molar-refractivity contribution in [3.63, 3.8) is 0 Å². The zero-order valence-corrected chi connectivity index (χ0v) is 24.3. The number of nitrogens with zero attached hydrogens (tertiary/aromatic N) is 5. The van der Waals surface area contributed by atoms with Gasteiger partial charge in [0, 0.05) is 42.3 Å². The van der Waals surface area contributed by atoms with Crippen molar-refractivity contribution in [3.8, 4) is 5.69 Å². The van der Waals surface area contributed by atoms with E-state index in [2.05, 4.69) is 15.4 Å². The number of hydrogen-bond donors (Lipinski definition) is 3. The molecular weight excluding hydrogens is 568 g/mol. The molecule has 0 unspecified atom stereocenters. The maximum atomic E-state index is 13.9. The number of fused-ring (bicyclic) bond motifs is 2. The van der Waals surface area contributed by atoms with Crippen molar-refractivity contribution in [1.29, 1.82) is 0 Å². The molecule has 2 aromatic heterocycles. The smallest absolute Gasteiger partial charge is 0.279 e. The number of carbonyl (C=O) groups excluding carboxylic acids is 1. The molecule has 5 aromatic rings. The maximum absolute atomic E-state index is 13.9. The maximum Gasteiger partial charge on any atom is 0.279 e. The summed E-state index contributed by atoms with van der Waals surface area (Å²) in [5.74, 6) is -0.970. The lowest BCUT2D eigenvalue weighted by molar-refractivity contribution is -0.139. The summed E-state index contributed by atoms with van der Waals surface area (Å²) in [6.07, 6.45) is 6.62. The van der Waals surface area contributed by atoms with Crippen molar-refractivity contribution >= 4 is 34.1 Å². The lowest BCUT2D eigenvalue weighted by atomic mass is 9.83. The quantitative estimate of drug-likeness (QED) is 0.207. The van der Waals surface area contributed by atoms with Crippen LogP contribution in [-0.2, 0) is 29.9 Å². The van der Waals surface area contributed by atoms with Gasteiger partial charge in [-0.1, -0.05) is 60.2 Å². The Kier molecular flexibility index (Phi) is 7.74. The van der Waals surface area contributed by atoms with Crippen LogP contribution in [-0.4, -0.2) is 47.5 Å². The first kappa shape index (κ1) is 28.6. The number of aromatic nitrogens is 5.